The molecule has 1 aliphatic carbocycles. The Morgan fingerprint density at radius 2 is 2.22 bits per heavy atom. The minimum Gasteiger partial charge on any atom is -0.256 e. The van der Waals surface area contributed by atoms with Gasteiger partial charge in [0.1, 0.15) is 0 Å². The highest BCUT2D eigenvalue weighted by Crippen LogP contribution is 2.32. The molecule has 0 bridgehead atoms. The molecule has 1 aromatic rings. The fraction of sp³-hybridized carbons (Fsp3) is 0.727. The van der Waals surface area contributed by atoms with Crippen molar-refractivity contribution in [2.75, 3.05) is 11.9 Å². The zero-order valence-corrected chi connectivity index (χ0v) is 12.7. The number of sulfonamides is 1. The summed E-state index contributed by atoms with van der Waals surface area (Å²) in [6.07, 6.45) is 4.97. The molecule has 1 heterocycles. The number of hydrogen-bond donors (Lipinski definition) is 1. The van der Waals surface area contributed by atoms with E-state index in [4.69, 9.17) is 0 Å². The van der Waals surface area contributed by atoms with Crippen molar-refractivity contribution in [1.29, 1.82) is 0 Å². The molecule has 0 radical (unpaired) electrons. The van der Waals surface area contributed by atoms with Crippen LogP contribution in [0.1, 0.15) is 19.3 Å². The van der Waals surface area contributed by atoms with Crippen molar-refractivity contribution >= 4 is 26.0 Å². The fourth-order valence-electron chi connectivity index (χ4n) is 2.50. The third-order valence-corrected chi connectivity index (χ3v) is 5.93. The summed E-state index contributed by atoms with van der Waals surface area (Å²) < 4.78 is 28.2. The van der Waals surface area contributed by atoms with Crippen molar-refractivity contribution in [3.8, 4) is 0 Å². The van der Waals surface area contributed by atoms with Crippen molar-refractivity contribution in [2.45, 2.75) is 24.3 Å². The maximum Gasteiger partial charge on any atom is 0.257 e. The Morgan fingerprint density at radius 3 is 2.83 bits per heavy atom. The van der Waals surface area contributed by atoms with E-state index in [0.717, 1.165) is 11.8 Å². The first-order chi connectivity index (χ1) is 8.54. The van der Waals surface area contributed by atoms with E-state index in [9.17, 15) is 8.42 Å². The second kappa shape index (κ2) is 5.71. The van der Waals surface area contributed by atoms with Gasteiger partial charge in [-0.3, -0.25) is 4.68 Å². The summed E-state index contributed by atoms with van der Waals surface area (Å²) in [6.45, 7) is 0.518. The molecule has 0 spiro atoms. The molecule has 1 aromatic heterocycles. The van der Waals surface area contributed by atoms with Crippen molar-refractivity contribution in [3.63, 3.8) is 0 Å². The number of aromatic nitrogens is 2. The first-order valence-electron chi connectivity index (χ1n) is 6.08. The second-order valence-electron chi connectivity index (χ2n) is 4.75. The minimum absolute atomic E-state index is 0.218. The molecule has 102 valence electrons. The molecule has 5 nitrogen and oxygen atoms in total. The predicted octanol–water partition coefficient (Wildman–Crippen LogP) is 1.51. The van der Waals surface area contributed by atoms with Gasteiger partial charge in [0, 0.05) is 18.9 Å². The SMILES string of the molecule is Cn1nccc1S(=O)(=O)NCC1CCCC1CBr. The van der Waals surface area contributed by atoms with Crippen LogP contribution in [0.15, 0.2) is 17.3 Å². The van der Waals surface area contributed by atoms with E-state index < -0.39 is 10.0 Å². The Morgan fingerprint density at radius 1 is 1.50 bits per heavy atom. The van der Waals surface area contributed by atoms with Crippen LogP contribution in [0, 0.1) is 11.8 Å². The number of nitrogens with one attached hydrogen (secondary N) is 1. The van der Waals surface area contributed by atoms with Crippen LogP contribution in [0.5, 0.6) is 0 Å². The summed E-state index contributed by atoms with van der Waals surface area (Å²) in [6, 6.07) is 1.51. The van der Waals surface area contributed by atoms with Gasteiger partial charge in [0.25, 0.3) is 10.0 Å². The average Bonchev–Trinajstić information content (AvgIpc) is 2.94. The predicted molar refractivity (Wildman–Crippen MR) is 73.0 cm³/mol. The largest absolute Gasteiger partial charge is 0.257 e. The van der Waals surface area contributed by atoms with E-state index in [1.807, 2.05) is 0 Å². The summed E-state index contributed by atoms with van der Waals surface area (Å²) in [7, 11) is -1.80. The summed E-state index contributed by atoms with van der Waals surface area (Å²) in [5.74, 6) is 1.02. The Kier molecular flexibility index (Phi) is 4.45. The Labute approximate surface area is 116 Å². The molecule has 2 rings (SSSR count). The number of hydrogen-bond acceptors (Lipinski definition) is 3. The number of nitrogens with zero attached hydrogens (tertiary/aromatic N) is 2. The van der Waals surface area contributed by atoms with Gasteiger partial charge >= 0.3 is 0 Å². The lowest BCUT2D eigenvalue weighted by atomic mass is 9.99. The highest BCUT2D eigenvalue weighted by Gasteiger charge is 2.28. The topological polar surface area (TPSA) is 64.0 Å². The van der Waals surface area contributed by atoms with Crippen LogP contribution in [0.2, 0.25) is 0 Å². The monoisotopic (exact) mass is 335 g/mol. The molecule has 7 heteroatoms. The van der Waals surface area contributed by atoms with Gasteiger partial charge in [-0.2, -0.15) is 5.10 Å². The fourth-order valence-corrected chi connectivity index (χ4v) is 4.57. The first kappa shape index (κ1) is 14.0. The van der Waals surface area contributed by atoms with Crippen LogP contribution >= 0.6 is 15.9 Å². The molecule has 0 aromatic carbocycles. The van der Waals surface area contributed by atoms with Gasteiger partial charge in [0.05, 0.1) is 6.20 Å². The molecular formula is C11H18BrN3O2S. The third-order valence-electron chi connectivity index (χ3n) is 3.60. The number of alkyl halides is 1. The molecular weight excluding hydrogens is 318 g/mol. The summed E-state index contributed by atoms with van der Waals surface area (Å²) in [4.78, 5) is 0. The van der Waals surface area contributed by atoms with Gasteiger partial charge in [0.2, 0.25) is 0 Å². The molecule has 1 N–H and O–H groups in total. The summed E-state index contributed by atoms with van der Waals surface area (Å²) >= 11 is 3.50. The van der Waals surface area contributed by atoms with Crippen LogP contribution in [-0.4, -0.2) is 30.1 Å². The molecule has 1 fully saturated rings. The van der Waals surface area contributed by atoms with Crippen molar-refractivity contribution < 1.29 is 8.42 Å². The molecule has 18 heavy (non-hydrogen) atoms. The van der Waals surface area contributed by atoms with Crippen LogP contribution in [0.4, 0.5) is 0 Å². The molecule has 2 atom stereocenters. The van der Waals surface area contributed by atoms with E-state index in [1.54, 1.807) is 7.05 Å². The second-order valence-corrected chi connectivity index (χ2v) is 7.11. The zero-order chi connectivity index (χ0) is 13.2. The Balaban J connectivity index is 2.00. The van der Waals surface area contributed by atoms with Gasteiger partial charge in [-0.05, 0) is 30.7 Å². The van der Waals surface area contributed by atoms with E-state index in [2.05, 4.69) is 25.8 Å². The van der Waals surface area contributed by atoms with Crippen molar-refractivity contribution in [3.05, 3.63) is 12.3 Å². The summed E-state index contributed by atoms with van der Waals surface area (Å²) in [5.41, 5.74) is 0. The molecule has 0 saturated heterocycles. The molecule has 1 aliphatic rings. The Bertz CT molecular complexity index is 500. The lowest BCUT2D eigenvalue weighted by Gasteiger charge is -2.17. The number of rotatable bonds is 5. The van der Waals surface area contributed by atoms with Gasteiger partial charge < -0.3 is 0 Å². The maximum absolute atomic E-state index is 12.1. The number of aryl methyl sites for hydroxylation is 1. The van der Waals surface area contributed by atoms with Crippen molar-refractivity contribution in [1.82, 2.24) is 14.5 Å². The third kappa shape index (κ3) is 2.95. The minimum atomic E-state index is -3.43. The number of halogens is 1. The lowest BCUT2D eigenvalue weighted by Crippen LogP contribution is -2.32. The van der Waals surface area contributed by atoms with Crippen LogP contribution < -0.4 is 4.72 Å². The normalized spacial score (nSPS) is 24.6. The quantitative estimate of drug-likeness (QED) is 0.829. The molecule has 1 saturated carbocycles. The lowest BCUT2D eigenvalue weighted by molar-refractivity contribution is 0.421. The highest BCUT2D eigenvalue weighted by molar-refractivity contribution is 9.09. The Hall–Kier alpha value is -0.400. The van der Waals surface area contributed by atoms with Gasteiger partial charge in [0.15, 0.2) is 5.03 Å². The molecule has 2 unspecified atom stereocenters. The first-order valence-corrected chi connectivity index (χ1v) is 8.68. The van der Waals surface area contributed by atoms with Gasteiger partial charge in [-0.25, -0.2) is 13.1 Å². The van der Waals surface area contributed by atoms with E-state index in [1.165, 1.54) is 29.8 Å². The standard InChI is InChI=1S/C11H18BrN3O2S/c1-15-11(5-6-13-15)18(16,17)14-8-10-4-2-3-9(10)7-12/h5-6,9-10,14H,2-4,7-8H2,1H3. The molecule has 0 aliphatic heterocycles. The average molecular weight is 336 g/mol. The summed E-state index contributed by atoms with van der Waals surface area (Å²) in [5, 5.41) is 5.05. The highest BCUT2D eigenvalue weighted by atomic mass is 79.9. The maximum atomic E-state index is 12.1. The van der Waals surface area contributed by atoms with Crippen LogP contribution in [-0.2, 0) is 17.1 Å². The van der Waals surface area contributed by atoms with E-state index >= 15 is 0 Å². The molecule has 0 amide bonds. The van der Waals surface area contributed by atoms with Gasteiger partial charge in [-0.15, -0.1) is 0 Å². The van der Waals surface area contributed by atoms with Gasteiger partial charge in [-0.1, -0.05) is 22.4 Å². The van der Waals surface area contributed by atoms with Crippen LogP contribution in [0.3, 0.4) is 0 Å². The smallest absolute Gasteiger partial charge is 0.256 e. The van der Waals surface area contributed by atoms with E-state index in [-0.39, 0.29) is 5.03 Å². The van der Waals surface area contributed by atoms with E-state index in [0.29, 0.717) is 18.4 Å². The van der Waals surface area contributed by atoms with Crippen molar-refractivity contribution in [2.24, 2.45) is 18.9 Å². The van der Waals surface area contributed by atoms with Crippen LogP contribution in [0.25, 0.3) is 0 Å². The zero-order valence-electron chi connectivity index (χ0n) is 10.3.